The van der Waals surface area contributed by atoms with Crippen molar-refractivity contribution in [2.24, 2.45) is 0 Å². The molecule has 0 amide bonds. The van der Waals surface area contributed by atoms with Gasteiger partial charge in [0.2, 0.25) is 5.88 Å². The number of pyridine rings is 1. The number of aromatic nitrogens is 1. The first kappa shape index (κ1) is 16.2. The van der Waals surface area contributed by atoms with E-state index in [1.165, 1.54) is 0 Å². The summed E-state index contributed by atoms with van der Waals surface area (Å²) in [7, 11) is -2.07. The molecule has 0 aliphatic rings. The van der Waals surface area contributed by atoms with Crippen molar-refractivity contribution in [3.63, 3.8) is 0 Å². The number of hydrogen-bond donors (Lipinski definition) is 1. The zero-order chi connectivity index (χ0) is 14.5. The number of hydrogen-bond acceptors (Lipinski definition) is 3. The second kappa shape index (κ2) is 6.53. The first-order chi connectivity index (χ1) is 8.72. The van der Waals surface area contributed by atoms with Gasteiger partial charge in [0.05, 0.1) is 6.61 Å². The van der Waals surface area contributed by atoms with Gasteiger partial charge in [-0.05, 0) is 49.9 Å². The van der Waals surface area contributed by atoms with Crippen molar-refractivity contribution < 1.29 is 9.53 Å². The Kier molecular flexibility index (Phi) is 5.56. The molecular formula is C15H27NO2Si. The highest BCUT2D eigenvalue weighted by molar-refractivity contribution is 6.72. The van der Waals surface area contributed by atoms with E-state index in [0.717, 1.165) is 24.8 Å². The van der Waals surface area contributed by atoms with Crippen molar-refractivity contribution >= 4 is 8.32 Å². The minimum absolute atomic E-state index is 0.0646. The van der Waals surface area contributed by atoms with Crippen molar-refractivity contribution in [2.45, 2.75) is 58.2 Å². The van der Waals surface area contributed by atoms with Crippen LogP contribution in [0, 0.1) is 6.92 Å². The largest absolute Gasteiger partial charge is 0.478 e. The summed E-state index contributed by atoms with van der Waals surface area (Å²) in [5, 5.41) is 0.0646. The molecule has 3 nitrogen and oxygen atoms in total. The molecule has 0 atom stereocenters. The first-order valence-corrected chi connectivity index (χ1v) is 9.95. The third-order valence-corrected chi connectivity index (χ3v) is 7.55. The van der Waals surface area contributed by atoms with Gasteiger partial charge >= 0.3 is 0 Å². The Morgan fingerprint density at radius 3 is 2.47 bits per heavy atom. The van der Waals surface area contributed by atoms with Crippen molar-refractivity contribution in [3.8, 4) is 5.88 Å². The molecule has 108 valence electrons. The molecule has 0 fully saturated rings. The average molecular weight is 281 g/mol. The van der Waals surface area contributed by atoms with Crippen LogP contribution in [0.15, 0.2) is 18.3 Å². The second-order valence-electron chi connectivity index (χ2n) is 6.42. The Bertz CT molecular complexity index is 382. The Morgan fingerprint density at radius 1 is 1.26 bits per heavy atom. The van der Waals surface area contributed by atoms with Gasteiger partial charge in [0.15, 0.2) is 8.32 Å². The molecule has 1 heterocycles. The molecule has 1 rings (SSSR count). The predicted octanol–water partition coefficient (Wildman–Crippen LogP) is 3.92. The Labute approximate surface area is 118 Å². The van der Waals surface area contributed by atoms with Crippen LogP contribution in [0.1, 0.15) is 38.7 Å². The number of rotatable bonds is 7. The Morgan fingerprint density at radius 2 is 1.95 bits per heavy atom. The lowest BCUT2D eigenvalue weighted by atomic mass is 10.1. The monoisotopic (exact) mass is 281 g/mol. The quantitative estimate of drug-likeness (QED) is 0.608. The van der Waals surface area contributed by atoms with Gasteiger partial charge in [-0.25, -0.2) is 4.98 Å². The molecule has 0 aliphatic heterocycles. The van der Waals surface area contributed by atoms with Gasteiger partial charge in [-0.15, -0.1) is 0 Å². The van der Waals surface area contributed by atoms with Crippen LogP contribution < -0.4 is 4.74 Å². The van der Waals surface area contributed by atoms with Crippen LogP contribution in [0.2, 0.25) is 18.1 Å². The molecule has 1 aromatic rings. The lowest BCUT2D eigenvalue weighted by Gasteiger charge is -2.35. The molecule has 0 saturated heterocycles. The number of nitrogens with zero attached hydrogens (tertiary/aromatic N) is 1. The van der Waals surface area contributed by atoms with Crippen molar-refractivity contribution in [3.05, 3.63) is 23.9 Å². The fourth-order valence-corrected chi connectivity index (χ4v) is 2.48. The molecule has 0 unspecified atom stereocenters. The normalized spacial score (nSPS) is 12.5. The molecule has 0 aliphatic carbocycles. The number of aryl methyl sites for hydroxylation is 1. The van der Waals surface area contributed by atoms with Gasteiger partial charge in [0.1, 0.15) is 0 Å². The first-order valence-electron chi connectivity index (χ1n) is 7.00. The molecule has 0 aromatic carbocycles. The van der Waals surface area contributed by atoms with Gasteiger partial charge in [0, 0.05) is 12.3 Å². The lowest BCUT2D eigenvalue weighted by Crippen LogP contribution is -2.38. The van der Waals surface area contributed by atoms with E-state index >= 15 is 0 Å². The maximum absolute atomic E-state index is 10.2. The standard InChI is InChI=1S/C15H27NO2Si/c1-13-8-9-14(16-12-13)18-11-7-6-10-15(2,3)19(4,5)17/h8-9,12,17H,6-7,10-11H2,1-5H3. The molecule has 0 radical (unpaired) electrons. The maximum atomic E-state index is 10.2. The summed E-state index contributed by atoms with van der Waals surface area (Å²) in [6.45, 7) is 11.1. The Hall–Kier alpha value is -0.873. The summed E-state index contributed by atoms with van der Waals surface area (Å²) in [6, 6.07) is 3.91. The van der Waals surface area contributed by atoms with Crippen molar-refractivity contribution in [1.82, 2.24) is 4.98 Å². The van der Waals surface area contributed by atoms with Crippen LogP contribution in [0.25, 0.3) is 0 Å². The van der Waals surface area contributed by atoms with E-state index in [0.29, 0.717) is 12.5 Å². The zero-order valence-electron chi connectivity index (χ0n) is 12.9. The minimum Gasteiger partial charge on any atom is -0.478 e. The SMILES string of the molecule is Cc1ccc(OCCCCC(C)(C)[Si](C)(C)O)nc1. The summed E-state index contributed by atoms with van der Waals surface area (Å²) in [5.74, 6) is 0.696. The summed E-state index contributed by atoms with van der Waals surface area (Å²) < 4.78 is 5.60. The van der Waals surface area contributed by atoms with Crippen LogP contribution in [0.3, 0.4) is 0 Å². The Balaban J connectivity index is 2.23. The van der Waals surface area contributed by atoms with E-state index in [1.54, 1.807) is 0 Å². The van der Waals surface area contributed by atoms with Crippen LogP contribution >= 0.6 is 0 Å². The smallest absolute Gasteiger partial charge is 0.213 e. The van der Waals surface area contributed by atoms with E-state index in [4.69, 9.17) is 4.74 Å². The third kappa shape index (κ3) is 5.33. The second-order valence-corrected chi connectivity index (χ2v) is 10.9. The fraction of sp³-hybridized carbons (Fsp3) is 0.667. The summed E-state index contributed by atoms with van der Waals surface area (Å²) >= 11 is 0. The molecule has 1 aromatic heterocycles. The zero-order valence-corrected chi connectivity index (χ0v) is 13.9. The van der Waals surface area contributed by atoms with Gasteiger partial charge in [-0.3, -0.25) is 0 Å². The molecule has 19 heavy (non-hydrogen) atoms. The van der Waals surface area contributed by atoms with Gasteiger partial charge in [-0.1, -0.05) is 19.9 Å². The van der Waals surface area contributed by atoms with Crippen LogP contribution in [0.5, 0.6) is 5.88 Å². The third-order valence-electron chi connectivity index (χ3n) is 3.99. The van der Waals surface area contributed by atoms with Gasteiger partial charge in [-0.2, -0.15) is 0 Å². The molecule has 1 N–H and O–H groups in total. The number of unbranched alkanes of at least 4 members (excludes halogenated alkanes) is 1. The molecule has 0 bridgehead atoms. The van der Waals surface area contributed by atoms with Crippen LogP contribution in [-0.2, 0) is 0 Å². The molecule has 0 spiro atoms. The van der Waals surface area contributed by atoms with Gasteiger partial charge < -0.3 is 9.53 Å². The highest BCUT2D eigenvalue weighted by atomic mass is 28.4. The minimum atomic E-state index is -2.07. The fourth-order valence-electron chi connectivity index (χ4n) is 1.69. The van der Waals surface area contributed by atoms with E-state index in [-0.39, 0.29) is 5.04 Å². The lowest BCUT2D eigenvalue weighted by molar-refractivity contribution is 0.289. The van der Waals surface area contributed by atoms with E-state index in [1.807, 2.05) is 38.3 Å². The summed E-state index contributed by atoms with van der Waals surface area (Å²) in [5.41, 5.74) is 1.14. The maximum Gasteiger partial charge on any atom is 0.213 e. The van der Waals surface area contributed by atoms with Crippen molar-refractivity contribution in [1.29, 1.82) is 0 Å². The molecule has 0 saturated carbocycles. The van der Waals surface area contributed by atoms with E-state index < -0.39 is 8.32 Å². The topological polar surface area (TPSA) is 42.4 Å². The molecular weight excluding hydrogens is 254 g/mol. The van der Waals surface area contributed by atoms with Crippen LogP contribution in [-0.4, -0.2) is 24.7 Å². The molecule has 4 heteroatoms. The summed E-state index contributed by atoms with van der Waals surface area (Å²) in [4.78, 5) is 14.4. The van der Waals surface area contributed by atoms with Crippen molar-refractivity contribution in [2.75, 3.05) is 6.61 Å². The van der Waals surface area contributed by atoms with E-state index in [2.05, 4.69) is 18.8 Å². The summed E-state index contributed by atoms with van der Waals surface area (Å²) in [6.07, 6.45) is 4.95. The van der Waals surface area contributed by atoms with Gasteiger partial charge in [0.25, 0.3) is 0 Å². The highest BCUT2D eigenvalue weighted by Gasteiger charge is 2.37. The predicted molar refractivity (Wildman–Crippen MR) is 82.1 cm³/mol. The number of ether oxygens (including phenoxy) is 1. The van der Waals surface area contributed by atoms with Crippen LogP contribution in [0.4, 0.5) is 0 Å². The highest BCUT2D eigenvalue weighted by Crippen LogP contribution is 2.39. The average Bonchev–Trinajstić information content (AvgIpc) is 2.29. The van der Waals surface area contributed by atoms with E-state index in [9.17, 15) is 4.80 Å².